The average molecular weight is 441 g/mol. The first-order valence-corrected chi connectivity index (χ1v) is 13.5. The van der Waals surface area contributed by atoms with E-state index < -0.39 is 19.3 Å². The Kier molecular flexibility index (Phi) is 7.28. The molecular formula is C16H30BrNO2S2Si. The minimum Gasteiger partial charge on any atom is -0.408 e. The second kappa shape index (κ2) is 7.79. The summed E-state index contributed by atoms with van der Waals surface area (Å²) < 4.78 is 22.9. The number of hydrogen-bond donors (Lipinski definition) is 1. The zero-order valence-corrected chi connectivity index (χ0v) is 19.7. The molecule has 0 amide bonds. The molecule has 134 valence electrons. The first-order chi connectivity index (χ1) is 10.2. The molecule has 1 aromatic rings. The Hall–Kier alpha value is 0.467. The molecule has 0 saturated heterocycles. The van der Waals surface area contributed by atoms with Crippen molar-refractivity contribution in [2.45, 2.75) is 70.5 Å². The van der Waals surface area contributed by atoms with Crippen molar-refractivity contribution in [3.8, 4) is 0 Å². The maximum absolute atomic E-state index is 12.3. The largest absolute Gasteiger partial charge is 0.408 e. The van der Waals surface area contributed by atoms with Crippen molar-refractivity contribution in [2.75, 3.05) is 6.54 Å². The Morgan fingerprint density at radius 3 is 2.26 bits per heavy atom. The molecule has 2 atom stereocenters. The van der Waals surface area contributed by atoms with Gasteiger partial charge < -0.3 is 4.43 Å². The molecule has 23 heavy (non-hydrogen) atoms. The van der Waals surface area contributed by atoms with Gasteiger partial charge in [-0.05, 0) is 60.9 Å². The lowest BCUT2D eigenvalue weighted by molar-refractivity contribution is 0.191. The summed E-state index contributed by atoms with van der Waals surface area (Å²) in [5.74, 6) is 0. The van der Waals surface area contributed by atoms with Crippen LogP contribution in [-0.2, 0) is 15.4 Å². The maximum atomic E-state index is 12.3. The Morgan fingerprint density at radius 1 is 1.30 bits per heavy atom. The van der Waals surface area contributed by atoms with Gasteiger partial charge in [0.25, 0.3) is 0 Å². The van der Waals surface area contributed by atoms with E-state index in [4.69, 9.17) is 4.43 Å². The van der Waals surface area contributed by atoms with Crippen molar-refractivity contribution in [3.05, 3.63) is 20.8 Å². The van der Waals surface area contributed by atoms with Gasteiger partial charge in [0, 0.05) is 21.3 Å². The molecule has 7 heteroatoms. The van der Waals surface area contributed by atoms with Crippen LogP contribution in [0.3, 0.4) is 0 Å². The molecule has 3 nitrogen and oxygen atoms in total. The molecule has 0 spiro atoms. The van der Waals surface area contributed by atoms with Gasteiger partial charge in [-0.15, -0.1) is 11.3 Å². The molecule has 0 aliphatic heterocycles. The smallest absolute Gasteiger partial charge is 0.193 e. The van der Waals surface area contributed by atoms with Crippen molar-refractivity contribution in [1.82, 2.24) is 4.72 Å². The van der Waals surface area contributed by atoms with Crippen LogP contribution in [0.15, 0.2) is 15.9 Å². The van der Waals surface area contributed by atoms with E-state index in [2.05, 4.69) is 66.0 Å². The molecule has 0 saturated carbocycles. The van der Waals surface area contributed by atoms with Gasteiger partial charge in [0.15, 0.2) is 8.32 Å². The van der Waals surface area contributed by atoms with Crippen LogP contribution < -0.4 is 4.72 Å². The molecule has 2 unspecified atom stereocenters. The fourth-order valence-electron chi connectivity index (χ4n) is 1.60. The molecule has 0 fully saturated rings. The Labute approximate surface area is 157 Å². The maximum Gasteiger partial charge on any atom is 0.193 e. The van der Waals surface area contributed by atoms with Crippen LogP contribution in [0.5, 0.6) is 0 Å². The summed E-state index contributed by atoms with van der Waals surface area (Å²) in [6.45, 7) is 17.7. The predicted molar refractivity (Wildman–Crippen MR) is 109 cm³/mol. The molecule has 0 aliphatic rings. The zero-order valence-electron chi connectivity index (χ0n) is 15.5. The Morgan fingerprint density at radius 2 is 1.87 bits per heavy atom. The third kappa shape index (κ3) is 6.36. The van der Waals surface area contributed by atoms with E-state index in [0.717, 1.165) is 4.47 Å². The van der Waals surface area contributed by atoms with E-state index in [1.54, 1.807) is 11.3 Å². The average Bonchev–Trinajstić information content (AvgIpc) is 2.78. The quantitative estimate of drug-likeness (QED) is 0.583. The highest BCUT2D eigenvalue weighted by Crippen LogP contribution is 2.40. The topological polar surface area (TPSA) is 38.3 Å². The SMILES string of the molecule is CC(C)(C)S(=O)NCC(O[Si](C)(C)C(C)(C)C)c1cc(Br)cs1. The highest BCUT2D eigenvalue weighted by molar-refractivity contribution is 9.10. The van der Waals surface area contributed by atoms with E-state index in [-0.39, 0.29) is 15.9 Å². The summed E-state index contributed by atoms with van der Waals surface area (Å²) in [6, 6.07) is 2.10. The Bertz CT molecular complexity index is 547. The summed E-state index contributed by atoms with van der Waals surface area (Å²) in [6.07, 6.45) is -0.0708. The van der Waals surface area contributed by atoms with Crippen molar-refractivity contribution >= 4 is 46.6 Å². The highest BCUT2D eigenvalue weighted by atomic mass is 79.9. The second-order valence-corrected chi connectivity index (χ2v) is 16.9. The van der Waals surface area contributed by atoms with Crippen LogP contribution in [0.25, 0.3) is 0 Å². The highest BCUT2D eigenvalue weighted by Gasteiger charge is 2.40. The summed E-state index contributed by atoms with van der Waals surface area (Å²) in [4.78, 5) is 1.17. The van der Waals surface area contributed by atoms with Crippen molar-refractivity contribution in [2.24, 2.45) is 0 Å². The number of thiophene rings is 1. The Balaban J connectivity index is 2.94. The summed E-state index contributed by atoms with van der Waals surface area (Å²) in [7, 11) is -3.00. The number of rotatable bonds is 6. The van der Waals surface area contributed by atoms with Crippen LogP contribution in [0.1, 0.15) is 52.5 Å². The summed E-state index contributed by atoms with van der Waals surface area (Å²) >= 11 is 5.20. The molecule has 0 radical (unpaired) electrons. The van der Waals surface area contributed by atoms with E-state index >= 15 is 0 Å². The second-order valence-electron chi connectivity index (χ2n) is 8.26. The summed E-state index contributed by atoms with van der Waals surface area (Å²) in [5.41, 5.74) is 0. The van der Waals surface area contributed by atoms with Crippen LogP contribution in [0.2, 0.25) is 18.1 Å². The minimum absolute atomic E-state index is 0.0708. The standard InChI is InChI=1S/C16H30BrNO2S2Si/c1-15(2,3)22(19)18-10-13(14-9-12(17)11-21-14)20-23(7,8)16(4,5)6/h9,11,13,18H,10H2,1-8H3. The zero-order chi connectivity index (χ0) is 18.1. The third-order valence-electron chi connectivity index (χ3n) is 4.10. The number of nitrogens with one attached hydrogen (secondary N) is 1. The van der Waals surface area contributed by atoms with E-state index in [1.807, 2.05) is 20.8 Å². The molecule has 0 aliphatic carbocycles. The van der Waals surface area contributed by atoms with E-state index in [0.29, 0.717) is 6.54 Å². The molecule has 1 heterocycles. The van der Waals surface area contributed by atoms with E-state index in [9.17, 15) is 4.21 Å². The lowest BCUT2D eigenvalue weighted by Gasteiger charge is -2.39. The molecular weight excluding hydrogens is 410 g/mol. The number of halogens is 1. The van der Waals surface area contributed by atoms with Crippen LogP contribution >= 0.6 is 27.3 Å². The molecule has 0 aromatic carbocycles. The van der Waals surface area contributed by atoms with E-state index in [1.165, 1.54) is 4.88 Å². The van der Waals surface area contributed by atoms with Gasteiger partial charge >= 0.3 is 0 Å². The normalized spacial score (nSPS) is 16.4. The fourth-order valence-corrected chi connectivity index (χ4v) is 5.17. The fraction of sp³-hybridized carbons (Fsp3) is 0.750. The van der Waals surface area contributed by atoms with Crippen LogP contribution in [0.4, 0.5) is 0 Å². The monoisotopic (exact) mass is 439 g/mol. The van der Waals surface area contributed by atoms with Gasteiger partial charge in [0.05, 0.1) is 21.8 Å². The molecule has 1 rings (SSSR count). The first kappa shape index (κ1) is 21.5. The number of hydrogen-bond acceptors (Lipinski definition) is 3. The van der Waals surface area contributed by atoms with Crippen LogP contribution in [0, 0.1) is 0 Å². The van der Waals surface area contributed by atoms with Gasteiger partial charge in [-0.3, -0.25) is 0 Å². The van der Waals surface area contributed by atoms with Gasteiger partial charge in [-0.25, -0.2) is 8.93 Å². The molecule has 0 bridgehead atoms. The van der Waals surface area contributed by atoms with Crippen molar-refractivity contribution in [1.29, 1.82) is 0 Å². The first-order valence-electron chi connectivity index (χ1n) is 7.81. The minimum atomic E-state index is -1.91. The predicted octanol–water partition coefficient (Wildman–Crippen LogP) is 5.63. The lowest BCUT2D eigenvalue weighted by atomic mass is 10.2. The summed E-state index contributed by atoms with van der Waals surface area (Å²) in [5, 5.41) is 2.21. The van der Waals surface area contributed by atoms with Gasteiger partial charge in [-0.1, -0.05) is 20.8 Å². The van der Waals surface area contributed by atoms with Crippen molar-refractivity contribution in [3.63, 3.8) is 0 Å². The van der Waals surface area contributed by atoms with Gasteiger partial charge in [-0.2, -0.15) is 0 Å². The van der Waals surface area contributed by atoms with Gasteiger partial charge in [0.1, 0.15) is 0 Å². The van der Waals surface area contributed by atoms with Crippen LogP contribution in [-0.4, -0.2) is 23.8 Å². The molecule has 1 aromatic heterocycles. The van der Waals surface area contributed by atoms with Crippen molar-refractivity contribution < 1.29 is 8.63 Å². The lowest BCUT2D eigenvalue weighted by Crippen LogP contribution is -2.44. The van der Waals surface area contributed by atoms with Gasteiger partial charge in [0.2, 0.25) is 0 Å². The molecule has 1 N–H and O–H groups in total. The third-order valence-corrected chi connectivity index (χ3v) is 11.9.